The van der Waals surface area contributed by atoms with E-state index < -0.39 is 0 Å². The highest BCUT2D eigenvalue weighted by Gasteiger charge is 2.36. The van der Waals surface area contributed by atoms with E-state index in [4.69, 9.17) is 5.73 Å². The first-order chi connectivity index (χ1) is 5.81. The summed E-state index contributed by atoms with van der Waals surface area (Å²) in [6, 6.07) is 8.53. The molecule has 64 valence electrons. The highest BCUT2D eigenvalue weighted by molar-refractivity contribution is 9.10. The van der Waals surface area contributed by atoms with E-state index in [9.17, 15) is 0 Å². The Kier molecular flexibility index (Phi) is 2.20. The van der Waals surface area contributed by atoms with Gasteiger partial charge in [-0.3, -0.25) is 0 Å². The van der Waals surface area contributed by atoms with Crippen LogP contribution in [0.5, 0.6) is 0 Å². The molecule has 2 atom stereocenters. The van der Waals surface area contributed by atoms with Crippen molar-refractivity contribution in [2.24, 2.45) is 11.7 Å². The molecule has 1 aliphatic rings. The van der Waals surface area contributed by atoms with Crippen LogP contribution >= 0.6 is 15.9 Å². The van der Waals surface area contributed by atoms with E-state index in [1.165, 1.54) is 16.5 Å². The molecule has 0 saturated heterocycles. The van der Waals surface area contributed by atoms with E-state index in [0.717, 1.165) is 18.4 Å². The van der Waals surface area contributed by atoms with Crippen LogP contribution in [0.1, 0.15) is 17.9 Å². The minimum absolute atomic E-state index is 0.729. The van der Waals surface area contributed by atoms with Crippen LogP contribution in [-0.4, -0.2) is 6.54 Å². The molecule has 2 rings (SSSR count). The highest BCUT2D eigenvalue weighted by Crippen LogP contribution is 2.46. The standard InChI is InChI=1S/C10H12BrN/c11-9-3-1-2-7(4-9)10-5-8(10)6-12/h1-4,8,10H,5-6,12H2/t8-,10-/m0/s1. The van der Waals surface area contributed by atoms with E-state index in [-0.39, 0.29) is 0 Å². The second-order valence-corrected chi connectivity index (χ2v) is 4.31. The fourth-order valence-corrected chi connectivity index (χ4v) is 2.07. The summed E-state index contributed by atoms with van der Waals surface area (Å²) in [6.45, 7) is 0.831. The Hall–Kier alpha value is -0.340. The minimum atomic E-state index is 0.729. The fraction of sp³-hybridized carbons (Fsp3) is 0.400. The summed E-state index contributed by atoms with van der Waals surface area (Å²) < 4.78 is 1.17. The second kappa shape index (κ2) is 3.19. The molecule has 1 fully saturated rings. The normalized spacial score (nSPS) is 27.2. The Bertz CT molecular complexity index is 285. The van der Waals surface area contributed by atoms with Gasteiger partial charge in [-0.25, -0.2) is 0 Å². The first-order valence-electron chi connectivity index (χ1n) is 4.27. The lowest BCUT2D eigenvalue weighted by Crippen LogP contribution is -2.01. The zero-order chi connectivity index (χ0) is 8.55. The molecule has 1 aliphatic carbocycles. The van der Waals surface area contributed by atoms with E-state index in [1.54, 1.807) is 0 Å². The predicted octanol–water partition coefficient (Wildman–Crippen LogP) is 2.51. The molecule has 2 N–H and O–H groups in total. The van der Waals surface area contributed by atoms with Crippen LogP contribution in [0.2, 0.25) is 0 Å². The van der Waals surface area contributed by atoms with Gasteiger partial charge in [-0.2, -0.15) is 0 Å². The lowest BCUT2D eigenvalue weighted by atomic mass is 10.1. The van der Waals surface area contributed by atoms with E-state index >= 15 is 0 Å². The number of halogens is 1. The Morgan fingerprint density at radius 2 is 2.33 bits per heavy atom. The van der Waals surface area contributed by atoms with Gasteiger partial charge in [-0.05, 0) is 42.5 Å². The molecule has 0 unspecified atom stereocenters. The molecule has 1 aromatic rings. The zero-order valence-corrected chi connectivity index (χ0v) is 8.42. The van der Waals surface area contributed by atoms with Gasteiger partial charge in [0.1, 0.15) is 0 Å². The maximum atomic E-state index is 5.59. The summed E-state index contributed by atoms with van der Waals surface area (Å²) in [5.41, 5.74) is 7.02. The van der Waals surface area contributed by atoms with Crippen LogP contribution in [0, 0.1) is 5.92 Å². The summed E-state index contributed by atoms with van der Waals surface area (Å²) in [4.78, 5) is 0. The number of hydrogen-bond acceptors (Lipinski definition) is 1. The van der Waals surface area contributed by atoms with E-state index in [1.807, 2.05) is 0 Å². The van der Waals surface area contributed by atoms with Gasteiger partial charge in [0, 0.05) is 4.47 Å². The molecule has 2 heteroatoms. The maximum Gasteiger partial charge on any atom is 0.0178 e. The molecule has 0 spiro atoms. The third-order valence-electron chi connectivity index (χ3n) is 2.50. The Morgan fingerprint density at radius 3 is 2.92 bits per heavy atom. The van der Waals surface area contributed by atoms with Gasteiger partial charge in [0.25, 0.3) is 0 Å². The molecule has 0 aliphatic heterocycles. The quantitative estimate of drug-likeness (QED) is 0.823. The largest absolute Gasteiger partial charge is 0.330 e. The smallest absolute Gasteiger partial charge is 0.0178 e. The second-order valence-electron chi connectivity index (χ2n) is 3.39. The van der Waals surface area contributed by atoms with Gasteiger partial charge in [0.05, 0.1) is 0 Å². The van der Waals surface area contributed by atoms with Gasteiger partial charge >= 0.3 is 0 Å². The van der Waals surface area contributed by atoms with Crippen molar-refractivity contribution >= 4 is 15.9 Å². The van der Waals surface area contributed by atoms with Gasteiger partial charge in [0.2, 0.25) is 0 Å². The Morgan fingerprint density at radius 1 is 1.50 bits per heavy atom. The average molecular weight is 226 g/mol. The lowest BCUT2D eigenvalue weighted by Gasteiger charge is -1.98. The first-order valence-corrected chi connectivity index (χ1v) is 5.06. The predicted molar refractivity (Wildman–Crippen MR) is 54.0 cm³/mol. The molecule has 0 bridgehead atoms. The summed E-state index contributed by atoms with van der Waals surface area (Å²) in [5, 5.41) is 0. The molecular formula is C10H12BrN. The third kappa shape index (κ3) is 1.54. The van der Waals surface area contributed by atoms with Crippen molar-refractivity contribution < 1.29 is 0 Å². The molecule has 0 radical (unpaired) electrons. The number of rotatable bonds is 2. The van der Waals surface area contributed by atoms with Crippen LogP contribution in [0.15, 0.2) is 28.7 Å². The van der Waals surface area contributed by atoms with Crippen molar-refractivity contribution in [2.45, 2.75) is 12.3 Å². The van der Waals surface area contributed by atoms with Crippen molar-refractivity contribution in [3.63, 3.8) is 0 Å². The Balaban J connectivity index is 2.14. The van der Waals surface area contributed by atoms with Gasteiger partial charge in [-0.15, -0.1) is 0 Å². The topological polar surface area (TPSA) is 26.0 Å². The van der Waals surface area contributed by atoms with Crippen molar-refractivity contribution in [2.75, 3.05) is 6.54 Å². The van der Waals surface area contributed by atoms with Crippen LogP contribution in [0.3, 0.4) is 0 Å². The molecule has 0 aromatic heterocycles. The summed E-state index contributed by atoms with van der Waals surface area (Å²) in [7, 11) is 0. The van der Waals surface area contributed by atoms with Gasteiger partial charge in [-0.1, -0.05) is 28.1 Å². The number of nitrogens with two attached hydrogens (primary N) is 1. The summed E-state index contributed by atoms with van der Waals surface area (Å²) >= 11 is 3.47. The van der Waals surface area contributed by atoms with Crippen LogP contribution < -0.4 is 5.73 Å². The first kappa shape index (κ1) is 8.27. The summed E-state index contributed by atoms with van der Waals surface area (Å²) in [6.07, 6.45) is 1.27. The van der Waals surface area contributed by atoms with Crippen LogP contribution in [0.4, 0.5) is 0 Å². The molecule has 1 nitrogen and oxygen atoms in total. The fourth-order valence-electron chi connectivity index (χ4n) is 1.65. The zero-order valence-electron chi connectivity index (χ0n) is 6.83. The molecule has 0 heterocycles. The SMILES string of the molecule is NC[C@@H]1C[C@H]1c1cccc(Br)c1. The Labute approximate surface area is 81.1 Å². The maximum absolute atomic E-state index is 5.59. The van der Waals surface area contributed by atoms with E-state index in [2.05, 4.69) is 40.2 Å². The molecule has 12 heavy (non-hydrogen) atoms. The van der Waals surface area contributed by atoms with Crippen molar-refractivity contribution in [1.29, 1.82) is 0 Å². The van der Waals surface area contributed by atoms with Gasteiger partial charge in [0.15, 0.2) is 0 Å². The minimum Gasteiger partial charge on any atom is -0.330 e. The van der Waals surface area contributed by atoms with Crippen molar-refractivity contribution in [1.82, 2.24) is 0 Å². The van der Waals surface area contributed by atoms with Crippen molar-refractivity contribution in [3.8, 4) is 0 Å². The highest BCUT2D eigenvalue weighted by atomic mass is 79.9. The molecule has 0 amide bonds. The monoisotopic (exact) mass is 225 g/mol. The van der Waals surface area contributed by atoms with Crippen LogP contribution in [0.25, 0.3) is 0 Å². The number of hydrogen-bond donors (Lipinski definition) is 1. The molecule has 1 saturated carbocycles. The summed E-state index contributed by atoms with van der Waals surface area (Å²) in [5.74, 6) is 1.46. The van der Waals surface area contributed by atoms with Crippen molar-refractivity contribution in [3.05, 3.63) is 34.3 Å². The molecule has 1 aromatic carbocycles. The average Bonchev–Trinajstić information content (AvgIpc) is 2.83. The lowest BCUT2D eigenvalue weighted by molar-refractivity contribution is 0.809. The number of benzene rings is 1. The van der Waals surface area contributed by atoms with Gasteiger partial charge < -0.3 is 5.73 Å². The molecular weight excluding hydrogens is 214 g/mol. The van der Waals surface area contributed by atoms with E-state index in [0.29, 0.717) is 0 Å². The third-order valence-corrected chi connectivity index (χ3v) is 3.00. The van der Waals surface area contributed by atoms with Crippen LogP contribution in [-0.2, 0) is 0 Å².